The summed E-state index contributed by atoms with van der Waals surface area (Å²) in [5.41, 5.74) is 0.847. The molecule has 0 atom stereocenters. The van der Waals surface area contributed by atoms with Crippen molar-refractivity contribution in [2.45, 2.75) is 45.4 Å². The molecule has 8 heteroatoms. The molecule has 2 aromatic rings. The Hall–Kier alpha value is -2.15. The first-order chi connectivity index (χ1) is 12.8. The summed E-state index contributed by atoms with van der Waals surface area (Å²) in [6.07, 6.45) is 5.21. The Labute approximate surface area is 164 Å². The van der Waals surface area contributed by atoms with Crippen molar-refractivity contribution in [3.63, 3.8) is 0 Å². The molecule has 1 fully saturated rings. The Morgan fingerprint density at radius 3 is 2.63 bits per heavy atom. The molecule has 1 aliphatic rings. The maximum atomic E-state index is 12.5. The van der Waals surface area contributed by atoms with Crippen LogP contribution in [0.3, 0.4) is 0 Å². The Morgan fingerprint density at radius 2 is 2.00 bits per heavy atom. The minimum atomic E-state index is -0.130. The zero-order valence-electron chi connectivity index (χ0n) is 16.1. The molecule has 0 spiro atoms. The van der Waals surface area contributed by atoms with Crippen molar-refractivity contribution in [2.75, 3.05) is 31.1 Å². The summed E-state index contributed by atoms with van der Waals surface area (Å²) in [5, 5.41) is 4.66. The molecule has 3 rings (SSSR count). The Bertz CT molecular complexity index is 778. The predicted octanol–water partition coefficient (Wildman–Crippen LogP) is 3.09. The highest BCUT2D eigenvalue weighted by molar-refractivity contribution is 6.33. The predicted molar refractivity (Wildman–Crippen MR) is 104 cm³/mol. The van der Waals surface area contributed by atoms with Gasteiger partial charge in [-0.25, -0.2) is 0 Å². The highest BCUT2D eigenvalue weighted by Crippen LogP contribution is 2.25. The number of aromatic nitrogens is 3. The first-order valence-corrected chi connectivity index (χ1v) is 9.67. The van der Waals surface area contributed by atoms with Crippen LogP contribution in [0.4, 0.5) is 5.69 Å². The van der Waals surface area contributed by atoms with Gasteiger partial charge in [0.1, 0.15) is 0 Å². The van der Waals surface area contributed by atoms with E-state index in [1.165, 1.54) is 0 Å². The molecule has 1 amide bonds. The van der Waals surface area contributed by atoms with Crippen LogP contribution in [0.2, 0.25) is 5.02 Å². The topological polar surface area (TPSA) is 75.4 Å². The van der Waals surface area contributed by atoms with Crippen molar-refractivity contribution >= 4 is 23.2 Å². The fourth-order valence-corrected chi connectivity index (χ4v) is 3.27. The third kappa shape index (κ3) is 4.97. The molecular formula is C19H26ClN5O2. The van der Waals surface area contributed by atoms with Crippen LogP contribution in [0.15, 0.2) is 23.0 Å². The molecule has 0 aliphatic carbocycles. The van der Waals surface area contributed by atoms with Crippen molar-refractivity contribution in [1.82, 2.24) is 20.0 Å². The van der Waals surface area contributed by atoms with E-state index in [1.54, 1.807) is 12.4 Å². The molecule has 27 heavy (non-hydrogen) atoms. The SMILES string of the molecule is CC(C)(C)c1noc(CCCC(=O)N2CCN(c3ccncc3Cl)CC2)n1. The van der Waals surface area contributed by atoms with E-state index < -0.39 is 0 Å². The number of rotatable bonds is 5. The van der Waals surface area contributed by atoms with Gasteiger partial charge < -0.3 is 14.3 Å². The van der Waals surface area contributed by atoms with Gasteiger partial charge in [0, 0.05) is 56.8 Å². The van der Waals surface area contributed by atoms with E-state index in [1.807, 2.05) is 31.7 Å². The van der Waals surface area contributed by atoms with Crippen molar-refractivity contribution in [3.8, 4) is 0 Å². The van der Waals surface area contributed by atoms with Crippen LogP contribution in [0.25, 0.3) is 0 Å². The molecule has 0 radical (unpaired) electrons. The Balaban J connectivity index is 1.43. The minimum absolute atomic E-state index is 0.130. The molecule has 0 bridgehead atoms. The highest BCUT2D eigenvalue weighted by Gasteiger charge is 2.23. The Kier molecular flexibility index (Phi) is 5.99. The van der Waals surface area contributed by atoms with E-state index in [9.17, 15) is 4.79 Å². The van der Waals surface area contributed by atoms with Crippen molar-refractivity contribution in [1.29, 1.82) is 0 Å². The largest absolute Gasteiger partial charge is 0.367 e. The molecule has 1 saturated heterocycles. The number of hydrogen-bond donors (Lipinski definition) is 0. The van der Waals surface area contributed by atoms with Gasteiger partial charge in [-0.3, -0.25) is 9.78 Å². The third-order valence-electron chi connectivity index (χ3n) is 4.64. The summed E-state index contributed by atoms with van der Waals surface area (Å²) in [6, 6.07) is 1.91. The van der Waals surface area contributed by atoms with E-state index in [-0.39, 0.29) is 11.3 Å². The average Bonchev–Trinajstić information content (AvgIpc) is 3.12. The monoisotopic (exact) mass is 391 g/mol. The number of piperazine rings is 1. The van der Waals surface area contributed by atoms with E-state index in [4.69, 9.17) is 16.1 Å². The molecule has 0 unspecified atom stereocenters. The number of nitrogens with zero attached hydrogens (tertiary/aromatic N) is 5. The number of halogens is 1. The van der Waals surface area contributed by atoms with Crippen LogP contribution in [-0.4, -0.2) is 52.1 Å². The summed E-state index contributed by atoms with van der Waals surface area (Å²) >= 11 is 6.21. The van der Waals surface area contributed by atoms with Crippen LogP contribution >= 0.6 is 11.6 Å². The molecule has 146 valence electrons. The summed E-state index contributed by atoms with van der Waals surface area (Å²) < 4.78 is 5.28. The molecule has 0 N–H and O–H groups in total. The lowest BCUT2D eigenvalue weighted by atomic mass is 9.96. The van der Waals surface area contributed by atoms with Crippen LogP contribution in [0, 0.1) is 0 Å². The zero-order chi connectivity index (χ0) is 19.4. The van der Waals surface area contributed by atoms with E-state index >= 15 is 0 Å². The molecular weight excluding hydrogens is 366 g/mol. The molecule has 1 aliphatic heterocycles. The van der Waals surface area contributed by atoms with Crippen molar-refractivity contribution in [3.05, 3.63) is 35.2 Å². The molecule has 0 saturated carbocycles. The average molecular weight is 392 g/mol. The quantitative estimate of drug-likeness (QED) is 0.779. The van der Waals surface area contributed by atoms with Gasteiger partial charge in [-0.1, -0.05) is 37.5 Å². The molecule has 2 aromatic heterocycles. The van der Waals surface area contributed by atoms with Crippen LogP contribution < -0.4 is 4.90 Å². The van der Waals surface area contributed by atoms with Crippen LogP contribution in [-0.2, 0) is 16.6 Å². The number of anilines is 1. The number of carbonyl (C=O) groups excluding carboxylic acids is 1. The van der Waals surface area contributed by atoms with E-state index in [2.05, 4.69) is 20.0 Å². The van der Waals surface area contributed by atoms with Gasteiger partial charge in [0.15, 0.2) is 5.82 Å². The van der Waals surface area contributed by atoms with Gasteiger partial charge >= 0.3 is 0 Å². The van der Waals surface area contributed by atoms with Crippen molar-refractivity contribution < 1.29 is 9.32 Å². The normalized spacial score (nSPS) is 15.3. The lowest BCUT2D eigenvalue weighted by Gasteiger charge is -2.36. The van der Waals surface area contributed by atoms with Crippen molar-refractivity contribution in [2.24, 2.45) is 0 Å². The number of carbonyl (C=O) groups is 1. The summed E-state index contributed by atoms with van der Waals surface area (Å²) in [7, 11) is 0. The number of amides is 1. The highest BCUT2D eigenvalue weighted by atomic mass is 35.5. The van der Waals surface area contributed by atoms with Crippen LogP contribution in [0.5, 0.6) is 0 Å². The van der Waals surface area contributed by atoms with Gasteiger partial charge in [-0.05, 0) is 12.5 Å². The van der Waals surface area contributed by atoms with E-state index in [0.717, 1.165) is 18.8 Å². The number of hydrogen-bond acceptors (Lipinski definition) is 6. The van der Waals surface area contributed by atoms with Gasteiger partial charge in [0.2, 0.25) is 11.8 Å². The number of aryl methyl sites for hydroxylation is 1. The maximum Gasteiger partial charge on any atom is 0.226 e. The smallest absolute Gasteiger partial charge is 0.226 e. The van der Waals surface area contributed by atoms with E-state index in [0.29, 0.717) is 49.1 Å². The fraction of sp³-hybridized carbons (Fsp3) is 0.579. The molecule has 7 nitrogen and oxygen atoms in total. The first-order valence-electron chi connectivity index (χ1n) is 9.30. The lowest BCUT2D eigenvalue weighted by Crippen LogP contribution is -2.48. The fourth-order valence-electron chi connectivity index (χ4n) is 3.03. The maximum absolute atomic E-state index is 12.5. The standard InChI is InChI=1S/C19H26ClN5O2/c1-19(2,3)18-22-16(27-23-18)5-4-6-17(26)25-11-9-24(10-12-25)15-7-8-21-13-14(15)20/h7-8,13H,4-6,9-12H2,1-3H3. The third-order valence-corrected chi connectivity index (χ3v) is 4.94. The van der Waals surface area contributed by atoms with Gasteiger partial charge in [0.25, 0.3) is 0 Å². The molecule has 3 heterocycles. The molecule has 0 aromatic carbocycles. The second kappa shape index (κ2) is 8.25. The second-order valence-corrected chi connectivity index (χ2v) is 8.22. The van der Waals surface area contributed by atoms with Crippen LogP contribution in [0.1, 0.15) is 45.3 Å². The lowest BCUT2D eigenvalue weighted by molar-refractivity contribution is -0.131. The minimum Gasteiger partial charge on any atom is -0.367 e. The summed E-state index contributed by atoms with van der Waals surface area (Å²) in [5.74, 6) is 1.48. The Morgan fingerprint density at radius 1 is 1.26 bits per heavy atom. The van der Waals surface area contributed by atoms with Gasteiger partial charge in [-0.15, -0.1) is 0 Å². The van der Waals surface area contributed by atoms with Gasteiger partial charge in [-0.2, -0.15) is 4.98 Å². The second-order valence-electron chi connectivity index (χ2n) is 7.81. The summed E-state index contributed by atoms with van der Waals surface area (Å²) in [6.45, 7) is 9.08. The summed E-state index contributed by atoms with van der Waals surface area (Å²) in [4.78, 5) is 25.0. The number of pyridine rings is 1. The first kappa shape index (κ1) is 19.6. The van der Waals surface area contributed by atoms with Gasteiger partial charge in [0.05, 0.1) is 10.7 Å². The zero-order valence-corrected chi connectivity index (χ0v) is 16.9.